The minimum Gasteiger partial charge on any atom is -0.465 e. The second-order valence-corrected chi connectivity index (χ2v) is 9.33. The number of thiazole rings is 1. The maximum atomic E-state index is 13.5. The Morgan fingerprint density at radius 3 is 2.59 bits per heavy atom. The number of hydrogen-bond acceptors (Lipinski definition) is 7. The van der Waals surface area contributed by atoms with E-state index in [4.69, 9.17) is 21.9 Å². The molecule has 0 aliphatic heterocycles. The van der Waals surface area contributed by atoms with Crippen molar-refractivity contribution in [2.75, 3.05) is 12.4 Å². The monoisotopic (exact) mass is 487 g/mol. The van der Waals surface area contributed by atoms with Gasteiger partial charge in [0.25, 0.3) is 5.56 Å². The van der Waals surface area contributed by atoms with Crippen LogP contribution in [0, 0.1) is 16.7 Å². The summed E-state index contributed by atoms with van der Waals surface area (Å²) in [6, 6.07) is 13.2. The first-order valence-corrected chi connectivity index (χ1v) is 11.9. The van der Waals surface area contributed by atoms with Crippen molar-refractivity contribution in [3.8, 4) is 11.4 Å². The smallest absolute Gasteiger partial charge is 0.316 e. The summed E-state index contributed by atoms with van der Waals surface area (Å²) < 4.78 is 22.5. The van der Waals surface area contributed by atoms with Crippen molar-refractivity contribution in [2.45, 2.75) is 19.0 Å². The van der Waals surface area contributed by atoms with Gasteiger partial charge in [0.2, 0.25) is 0 Å². The highest BCUT2D eigenvalue weighted by molar-refractivity contribution is 7.99. The van der Waals surface area contributed by atoms with Crippen molar-refractivity contribution in [1.82, 2.24) is 14.1 Å². The quantitative estimate of drug-likeness (QED) is 0.164. The zero-order valence-corrected chi connectivity index (χ0v) is 19.7. The molecule has 0 unspecified atom stereocenters. The molecule has 0 radical (unpaired) electrons. The molecule has 2 heterocycles. The summed E-state index contributed by atoms with van der Waals surface area (Å²) in [6.07, 6.45) is 0. The SMILES string of the molecule is CCOC(=O)CSc1nc2c(sc(=S)n2-c2ccccc2C)c(=O)n1-c1ccc(F)cc1. The third-order valence-electron chi connectivity index (χ3n) is 4.64. The van der Waals surface area contributed by atoms with Crippen LogP contribution >= 0.6 is 35.3 Å². The summed E-state index contributed by atoms with van der Waals surface area (Å²) in [5, 5.41) is 0.289. The van der Waals surface area contributed by atoms with Gasteiger partial charge in [0.15, 0.2) is 14.8 Å². The maximum Gasteiger partial charge on any atom is 0.316 e. The van der Waals surface area contributed by atoms with Crippen molar-refractivity contribution >= 4 is 51.6 Å². The van der Waals surface area contributed by atoms with Crippen molar-refractivity contribution in [1.29, 1.82) is 0 Å². The number of para-hydroxylation sites is 1. The van der Waals surface area contributed by atoms with Crippen LogP contribution in [0.1, 0.15) is 12.5 Å². The van der Waals surface area contributed by atoms with Crippen LogP contribution in [0.3, 0.4) is 0 Å². The molecule has 2 aromatic carbocycles. The van der Waals surface area contributed by atoms with Gasteiger partial charge in [-0.25, -0.2) is 9.37 Å². The summed E-state index contributed by atoms with van der Waals surface area (Å²) in [6.45, 7) is 3.94. The third kappa shape index (κ3) is 4.25. The van der Waals surface area contributed by atoms with E-state index >= 15 is 0 Å². The summed E-state index contributed by atoms with van der Waals surface area (Å²) in [4.78, 5) is 30.2. The van der Waals surface area contributed by atoms with E-state index < -0.39 is 11.8 Å². The number of aryl methyl sites for hydroxylation is 1. The fraction of sp³-hybridized carbons (Fsp3) is 0.182. The molecule has 0 aliphatic rings. The fourth-order valence-electron chi connectivity index (χ4n) is 3.20. The number of carbonyl (C=O) groups excluding carboxylic acids is 1. The van der Waals surface area contributed by atoms with Crippen LogP contribution in [0.25, 0.3) is 21.7 Å². The minimum atomic E-state index is -0.419. The molecule has 0 bridgehead atoms. The Labute approximate surface area is 196 Å². The van der Waals surface area contributed by atoms with Crippen LogP contribution in [0.5, 0.6) is 0 Å². The summed E-state index contributed by atoms with van der Waals surface area (Å²) in [7, 11) is 0. The van der Waals surface area contributed by atoms with Gasteiger partial charge in [-0.1, -0.05) is 41.3 Å². The molecular formula is C22H18FN3O3S3. The Hall–Kier alpha value is -2.82. The molecule has 164 valence electrons. The van der Waals surface area contributed by atoms with Crippen molar-refractivity contribution in [2.24, 2.45) is 0 Å². The Morgan fingerprint density at radius 2 is 1.91 bits per heavy atom. The first kappa shape index (κ1) is 22.4. The van der Waals surface area contributed by atoms with Gasteiger partial charge < -0.3 is 4.74 Å². The summed E-state index contributed by atoms with van der Waals surface area (Å²) in [5.41, 5.74) is 2.34. The van der Waals surface area contributed by atoms with E-state index in [0.717, 1.165) is 23.0 Å². The lowest BCUT2D eigenvalue weighted by Gasteiger charge is -2.13. The summed E-state index contributed by atoms with van der Waals surface area (Å²) >= 11 is 7.83. The molecular weight excluding hydrogens is 469 g/mol. The van der Waals surface area contributed by atoms with E-state index in [1.54, 1.807) is 11.5 Å². The number of rotatable bonds is 6. The lowest BCUT2D eigenvalue weighted by molar-refractivity contribution is -0.139. The number of thioether (sulfide) groups is 1. The number of ether oxygens (including phenoxy) is 1. The number of nitrogens with zero attached hydrogens (tertiary/aromatic N) is 3. The minimum absolute atomic E-state index is 0.0256. The lowest BCUT2D eigenvalue weighted by atomic mass is 10.2. The molecule has 0 amide bonds. The van der Waals surface area contributed by atoms with Gasteiger partial charge in [0.1, 0.15) is 10.5 Å². The normalized spacial score (nSPS) is 11.1. The van der Waals surface area contributed by atoms with Gasteiger partial charge in [0, 0.05) is 0 Å². The predicted octanol–water partition coefficient (Wildman–Crippen LogP) is 5.07. The second-order valence-electron chi connectivity index (χ2n) is 6.75. The van der Waals surface area contributed by atoms with Crippen LogP contribution in [0.15, 0.2) is 58.5 Å². The van der Waals surface area contributed by atoms with Crippen LogP contribution in [0.4, 0.5) is 4.39 Å². The highest BCUT2D eigenvalue weighted by atomic mass is 32.2. The average Bonchev–Trinajstić information content (AvgIpc) is 3.10. The standard InChI is InChI=1S/C22H18FN3O3S3/c1-3-29-17(27)12-31-21-24-19-18(20(28)25(21)15-10-8-14(23)9-11-15)32-22(30)26(19)16-7-5-4-6-13(16)2/h4-11H,3,12H2,1-2H3. The van der Waals surface area contributed by atoms with Gasteiger partial charge >= 0.3 is 5.97 Å². The van der Waals surface area contributed by atoms with Crippen LogP contribution in [-0.2, 0) is 9.53 Å². The zero-order chi connectivity index (χ0) is 22.8. The second kappa shape index (κ2) is 9.35. The largest absolute Gasteiger partial charge is 0.465 e. The van der Waals surface area contributed by atoms with Gasteiger partial charge in [0.05, 0.1) is 23.7 Å². The molecule has 10 heteroatoms. The number of hydrogen-bond donors (Lipinski definition) is 0. The Kier molecular flexibility index (Phi) is 6.54. The van der Waals surface area contributed by atoms with E-state index in [9.17, 15) is 14.0 Å². The maximum absolute atomic E-state index is 13.5. The van der Waals surface area contributed by atoms with Gasteiger partial charge in [-0.2, -0.15) is 0 Å². The number of halogens is 1. The highest BCUT2D eigenvalue weighted by Crippen LogP contribution is 2.28. The van der Waals surface area contributed by atoms with Crippen LogP contribution in [0.2, 0.25) is 0 Å². The average molecular weight is 488 g/mol. The fourth-order valence-corrected chi connectivity index (χ4v) is 5.29. The molecule has 6 nitrogen and oxygen atoms in total. The number of fused-ring (bicyclic) bond motifs is 1. The number of aromatic nitrogens is 3. The van der Waals surface area contributed by atoms with Crippen LogP contribution in [-0.4, -0.2) is 32.4 Å². The van der Waals surface area contributed by atoms with E-state index in [1.165, 1.54) is 40.2 Å². The van der Waals surface area contributed by atoms with Gasteiger partial charge in [-0.05, 0) is 62.0 Å². The number of esters is 1. The van der Waals surface area contributed by atoms with E-state index in [1.807, 2.05) is 31.2 Å². The molecule has 0 aliphatic carbocycles. The molecule has 32 heavy (non-hydrogen) atoms. The zero-order valence-electron chi connectivity index (χ0n) is 17.2. The van der Waals surface area contributed by atoms with Crippen molar-refractivity contribution < 1.29 is 13.9 Å². The number of benzene rings is 2. The Balaban J connectivity index is 1.97. The highest BCUT2D eigenvalue weighted by Gasteiger charge is 2.20. The lowest BCUT2D eigenvalue weighted by Crippen LogP contribution is -2.22. The predicted molar refractivity (Wildman–Crippen MR) is 127 cm³/mol. The topological polar surface area (TPSA) is 66.1 Å². The van der Waals surface area contributed by atoms with Gasteiger partial charge in [-0.3, -0.25) is 18.7 Å². The summed E-state index contributed by atoms with van der Waals surface area (Å²) in [5.74, 6) is -0.862. The Morgan fingerprint density at radius 1 is 1.19 bits per heavy atom. The first-order valence-electron chi connectivity index (χ1n) is 9.69. The Bertz CT molecular complexity index is 1420. The molecule has 0 N–H and O–H groups in total. The van der Waals surface area contributed by atoms with E-state index in [-0.39, 0.29) is 23.1 Å². The molecule has 4 aromatic rings. The molecule has 0 saturated heterocycles. The number of carbonyl (C=O) groups is 1. The van der Waals surface area contributed by atoms with Gasteiger partial charge in [-0.15, -0.1) is 0 Å². The van der Waals surface area contributed by atoms with E-state index in [2.05, 4.69) is 0 Å². The molecule has 0 saturated carbocycles. The molecule has 0 spiro atoms. The molecule has 2 aromatic heterocycles. The van der Waals surface area contributed by atoms with Crippen molar-refractivity contribution in [3.05, 3.63) is 74.2 Å². The molecule has 0 fully saturated rings. The van der Waals surface area contributed by atoms with E-state index in [0.29, 0.717) is 20.0 Å². The third-order valence-corrected chi connectivity index (χ3v) is 6.91. The first-order chi connectivity index (χ1) is 15.4. The molecule has 0 atom stereocenters. The van der Waals surface area contributed by atoms with Crippen LogP contribution < -0.4 is 5.56 Å². The van der Waals surface area contributed by atoms with Crippen molar-refractivity contribution in [3.63, 3.8) is 0 Å². The molecule has 4 rings (SSSR count).